The van der Waals surface area contributed by atoms with Crippen molar-refractivity contribution in [2.45, 2.75) is 43.7 Å². The fourth-order valence-electron chi connectivity index (χ4n) is 4.13. The molecule has 0 aliphatic carbocycles. The Morgan fingerprint density at radius 1 is 1.15 bits per heavy atom. The third-order valence-electron chi connectivity index (χ3n) is 5.86. The highest BCUT2D eigenvalue weighted by Gasteiger charge is 2.46. The predicted molar refractivity (Wildman–Crippen MR) is 126 cm³/mol. The first kappa shape index (κ1) is 23.8. The molecule has 1 saturated heterocycles. The predicted octanol–water partition coefficient (Wildman–Crippen LogP) is 3.10. The summed E-state index contributed by atoms with van der Waals surface area (Å²) in [5.74, 6) is -0.474. The molecule has 0 radical (unpaired) electrons. The third kappa shape index (κ3) is 4.27. The number of benzene rings is 2. The number of rotatable bonds is 5. The Bertz CT molecular complexity index is 1320. The molecule has 0 bridgehead atoms. The lowest BCUT2D eigenvalue weighted by molar-refractivity contribution is -0.148. The lowest BCUT2D eigenvalue weighted by Crippen LogP contribution is -2.61. The quantitative estimate of drug-likeness (QED) is 0.630. The number of hydrogen-bond donors (Lipinski definition) is 0. The second-order valence-corrected chi connectivity index (χ2v) is 10.7. The molecule has 176 valence electrons. The minimum atomic E-state index is -4.09. The smallest absolute Gasteiger partial charge is 0.265 e. The molecule has 0 aromatic heterocycles. The van der Waals surface area contributed by atoms with Crippen LogP contribution in [0.4, 0.5) is 0 Å². The van der Waals surface area contributed by atoms with Crippen molar-refractivity contribution in [3.8, 4) is 6.07 Å². The summed E-state index contributed by atoms with van der Waals surface area (Å²) in [5, 5.41) is 9.75. The van der Waals surface area contributed by atoms with Crippen LogP contribution in [0.1, 0.15) is 31.4 Å². The summed E-state index contributed by atoms with van der Waals surface area (Å²) in [7, 11) is -4.09. The van der Waals surface area contributed by atoms with E-state index in [0.29, 0.717) is 5.02 Å². The molecule has 4 rings (SSSR count). The number of amides is 2. The van der Waals surface area contributed by atoms with Gasteiger partial charge in [-0.15, -0.1) is 0 Å². The van der Waals surface area contributed by atoms with E-state index in [1.54, 1.807) is 24.3 Å². The van der Waals surface area contributed by atoms with Crippen LogP contribution in [0.3, 0.4) is 0 Å². The van der Waals surface area contributed by atoms with Gasteiger partial charge in [0, 0.05) is 36.7 Å². The zero-order chi connectivity index (χ0) is 24.6. The van der Waals surface area contributed by atoms with Crippen LogP contribution in [0.2, 0.25) is 5.02 Å². The second kappa shape index (κ2) is 9.12. The van der Waals surface area contributed by atoms with Crippen LogP contribution in [0, 0.1) is 11.3 Å². The van der Waals surface area contributed by atoms with E-state index < -0.39 is 16.1 Å². The topological polar surface area (TPSA) is 102 Å². The molecule has 2 heterocycles. The van der Waals surface area contributed by atoms with Gasteiger partial charge in [0.1, 0.15) is 11.9 Å². The number of carbonyl (C=O) groups is 2. The molecule has 2 aliphatic rings. The zero-order valence-corrected chi connectivity index (χ0v) is 20.3. The second-order valence-electron chi connectivity index (χ2n) is 8.40. The first-order valence-corrected chi connectivity index (χ1v) is 12.6. The van der Waals surface area contributed by atoms with Gasteiger partial charge < -0.3 is 4.90 Å². The normalized spacial score (nSPS) is 18.6. The van der Waals surface area contributed by atoms with Crippen molar-refractivity contribution in [1.29, 1.82) is 5.26 Å². The van der Waals surface area contributed by atoms with Crippen LogP contribution in [0.25, 0.3) is 0 Å². The van der Waals surface area contributed by atoms with Gasteiger partial charge in [-0.25, -0.2) is 12.7 Å². The molecule has 10 heteroatoms. The fraction of sp³-hybridized carbons (Fsp3) is 0.292. The molecule has 34 heavy (non-hydrogen) atoms. The lowest BCUT2D eigenvalue weighted by Gasteiger charge is -2.46. The Hall–Kier alpha value is -3.35. The molecule has 1 unspecified atom stereocenters. The highest BCUT2D eigenvalue weighted by atomic mass is 35.5. The summed E-state index contributed by atoms with van der Waals surface area (Å²) in [6.45, 7) is 3.59. The Labute approximate surface area is 203 Å². The van der Waals surface area contributed by atoms with Gasteiger partial charge in [0.15, 0.2) is 0 Å². The summed E-state index contributed by atoms with van der Waals surface area (Å²) < 4.78 is 28.3. The zero-order valence-electron chi connectivity index (χ0n) is 18.7. The van der Waals surface area contributed by atoms with E-state index in [9.17, 15) is 23.3 Å². The number of hydrogen-bond acceptors (Lipinski definition) is 5. The lowest BCUT2D eigenvalue weighted by atomic mass is 10.00. The van der Waals surface area contributed by atoms with Crippen LogP contribution in [-0.4, -0.2) is 53.0 Å². The van der Waals surface area contributed by atoms with Crippen LogP contribution < -0.4 is 0 Å². The number of halogens is 1. The Kier molecular flexibility index (Phi) is 6.39. The molecular weight excluding hydrogens is 476 g/mol. The van der Waals surface area contributed by atoms with Crippen molar-refractivity contribution in [1.82, 2.24) is 14.1 Å². The van der Waals surface area contributed by atoms with Crippen LogP contribution in [-0.2, 0) is 26.0 Å². The molecular formula is C24H23ClN4O4S. The van der Waals surface area contributed by atoms with Gasteiger partial charge in [0.25, 0.3) is 10.0 Å². The van der Waals surface area contributed by atoms with E-state index in [1.807, 2.05) is 19.9 Å². The Morgan fingerprint density at radius 2 is 1.85 bits per heavy atom. The maximum absolute atomic E-state index is 13.6. The highest BCUT2D eigenvalue weighted by molar-refractivity contribution is 7.89. The van der Waals surface area contributed by atoms with Gasteiger partial charge in [-0.3, -0.25) is 14.5 Å². The molecule has 0 saturated carbocycles. The van der Waals surface area contributed by atoms with Gasteiger partial charge in [0.2, 0.25) is 11.8 Å². The van der Waals surface area contributed by atoms with E-state index in [0.717, 1.165) is 9.87 Å². The summed E-state index contributed by atoms with van der Waals surface area (Å²) in [6, 6.07) is 13.5. The van der Waals surface area contributed by atoms with Gasteiger partial charge in [-0.1, -0.05) is 29.8 Å². The number of nitriles is 1. The first-order valence-electron chi connectivity index (χ1n) is 10.8. The molecule has 2 aromatic carbocycles. The van der Waals surface area contributed by atoms with Crippen LogP contribution in [0.15, 0.2) is 65.4 Å². The number of sulfonamides is 1. The van der Waals surface area contributed by atoms with E-state index in [2.05, 4.69) is 0 Å². The van der Waals surface area contributed by atoms with Crippen molar-refractivity contribution in [2.24, 2.45) is 0 Å². The molecule has 2 amide bonds. The molecule has 8 nitrogen and oxygen atoms in total. The number of nitrogens with zero attached hydrogens (tertiary/aromatic N) is 4. The number of carbonyl (C=O) groups excluding carboxylic acids is 2. The van der Waals surface area contributed by atoms with Gasteiger partial charge >= 0.3 is 0 Å². The van der Waals surface area contributed by atoms with Crippen molar-refractivity contribution in [2.75, 3.05) is 6.54 Å². The van der Waals surface area contributed by atoms with E-state index in [1.165, 1.54) is 40.3 Å². The molecule has 1 fully saturated rings. The average molecular weight is 499 g/mol. The Morgan fingerprint density at radius 3 is 2.50 bits per heavy atom. The van der Waals surface area contributed by atoms with Crippen LogP contribution in [0.5, 0.6) is 0 Å². The maximum atomic E-state index is 13.6. The minimum Gasteiger partial charge on any atom is -0.311 e. The Balaban J connectivity index is 1.80. The first-order chi connectivity index (χ1) is 16.1. The largest absolute Gasteiger partial charge is 0.311 e. The van der Waals surface area contributed by atoms with Gasteiger partial charge in [0.05, 0.1) is 16.5 Å². The van der Waals surface area contributed by atoms with Gasteiger partial charge in [-0.05, 0) is 49.7 Å². The van der Waals surface area contributed by atoms with E-state index in [4.69, 9.17) is 11.6 Å². The summed E-state index contributed by atoms with van der Waals surface area (Å²) in [6.07, 6.45) is 1.58. The fourth-order valence-corrected chi connectivity index (χ4v) is 5.75. The van der Waals surface area contributed by atoms with E-state index in [-0.39, 0.29) is 53.5 Å². The summed E-state index contributed by atoms with van der Waals surface area (Å²) >= 11 is 5.99. The molecule has 0 N–H and O–H groups in total. The molecule has 0 spiro atoms. The van der Waals surface area contributed by atoms with Crippen molar-refractivity contribution in [3.63, 3.8) is 0 Å². The van der Waals surface area contributed by atoms with Crippen molar-refractivity contribution < 1.29 is 18.0 Å². The molecule has 2 aromatic rings. The molecule has 2 aliphatic heterocycles. The average Bonchev–Trinajstić information content (AvgIpc) is 2.81. The van der Waals surface area contributed by atoms with Crippen molar-refractivity contribution >= 4 is 33.4 Å². The summed E-state index contributed by atoms with van der Waals surface area (Å²) in [5.41, 5.74) is 1.01. The van der Waals surface area contributed by atoms with Gasteiger partial charge in [-0.2, -0.15) is 5.26 Å². The summed E-state index contributed by atoms with van der Waals surface area (Å²) in [4.78, 5) is 29.2. The van der Waals surface area contributed by atoms with Crippen molar-refractivity contribution in [3.05, 3.63) is 76.7 Å². The highest BCUT2D eigenvalue weighted by Crippen LogP contribution is 2.34. The third-order valence-corrected chi connectivity index (χ3v) is 7.91. The monoisotopic (exact) mass is 498 g/mol. The maximum Gasteiger partial charge on any atom is 0.265 e. The van der Waals surface area contributed by atoms with E-state index >= 15 is 0 Å². The number of fused-ring (bicyclic) bond motifs is 1. The standard InChI is InChI=1S/C24H23ClN4O4S/c1-16(2)27-15-22-28(34(32,33)20-5-3-4-18(12-20)14-26)11-10-23(30)29(22)21(24(27)31)13-17-6-8-19(25)9-7-17/h3-9,12,15-16,21H,10-11,13H2,1-2H3. The van der Waals surface area contributed by atoms with Crippen LogP contribution >= 0.6 is 11.6 Å². The minimum absolute atomic E-state index is 0.0519. The molecule has 1 atom stereocenters. The SMILES string of the molecule is CC(C)N1C=C2N(C(=O)CCN2S(=O)(=O)c2cccc(C#N)c2)C(Cc2ccc(Cl)cc2)C1=O.